The van der Waals surface area contributed by atoms with Gasteiger partial charge in [-0.3, -0.25) is 10.1 Å². The van der Waals surface area contributed by atoms with E-state index in [1.54, 1.807) is 0 Å². The highest BCUT2D eigenvalue weighted by Crippen LogP contribution is 2.14. The molecule has 2 aromatic heterocycles. The lowest BCUT2D eigenvalue weighted by Crippen LogP contribution is -2.15. The molecule has 90 valence electrons. The first-order chi connectivity index (χ1) is 8.81. The van der Waals surface area contributed by atoms with E-state index in [2.05, 4.69) is 25.5 Å². The van der Waals surface area contributed by atoms with E-state index in [1.807, 2.05) is 30.5 Å². The largest absolute Gasteiger partial charge is 0.361 e. The van der Waals surface area contributed by atoms with Crippen LogP contribution >= 0.6 is 0 Å². The first kappa shape index (κ1) is 10.5. The van der Waals surface area contributed by atoms with Crippen LogP contribution in [0.5, 0.6) is 0 Å². The monoisotopic (exact) mass is 241 g/mol. The standard InChI is InChI=1S/C12H11N5O/c18-11(16-12-14-7-15-17-12)6-8-1-2-10-9(5-8)3-4-13-10/h1-5,7,13H,6H2,(H2,14,15,16,17,18). The molecule has 0 fully saturated rings. The van der Waals surface area contributed by atoms with Crippen LogP contribution in [0.3, 0.4) is 0 Å². The molecule has 3 aromatic rings. The van der Waals surface area contributed by atoms with Gasteiger partial charge < -0.3 is 4.98 Å². The number of fused-ring (bicyclic) bond motifs is 1. The Morgan fingerprint density at radius 1 is 1.33 bits per heavy atom. The van der Waals surface area contributed by atoms with Gasteiger partial charge in [-0.15, -0.1) is 0 Å². The molecule has 0 saturated carbocycles. The van der Waals surface area contributed by atoms with Crippen molar-refractivity contribution < 1.29 is 4.79 Å². The van der Waals surface area contributed by atoms with Crippen molar-refractivity contribution in [3.8, 4) is 0 Å². The summed E-state index contributed by atoms with van der Waals surface area (Å²) in [7, 11) is 0. The van der Waals surface area contributed by atoms with Crippen LogP contribution in [0.4, 0.5) is 5.95 Å². The normalized spacial score (nSPS) is 10.7. The number of rotatable bonds is 3. The van der Waals surface area contributed by atoms with Crippen LogP contribution in [0.15, 0.2) is 36.8 Å². The SMILES string of the molecule is O=C(Cc1ccc2[nH]ccc2c1)Nc1ncn[nH]1. The van der Waals surface area contributed by atoms with Gasteiger partial charge in [-0.05, 0) is 29.1 Å². The van der Waals surface area contributed by atoms with Gasteiger partial charge in [0.1, 0.15) is 6.33 Å². The van der Waals surface area contributed by atoms with E-state index in [9.17, 15) is 4.79 Å². The summed E-state index contributed by atoms with van der Waals surface area (Å²) in [5, 5.41) is 9.98. The molecule has 0 spiro atoms. The lowest BCUT2D eigenvalue weighted by atomic mass is 10.1. The average Bonchev–Trinajstić information content (AvgIpc) is 2.98. The molecule has 2 heterocycles. The van der Waals surface area contributed by atoms with Crippen molar-refractivity contribution in [1.29, 1.82) is 0 Å². The minimum absolute atomic E-state index is 0.123. The predicted octanol–water partition coefficient (Wildman–Crippen LogP) is 1.47. The maximum absolute atomic E-state index is 11.7. The molecule has 0 bridgehead atoms. The Labute approximate surface area is 102 Å². The van der Waals surface area contributed by atoms with Crippen LogP contribution in [0.1, 0.15) is 5.56 Å². The number of benzene rings is 1. The third kappa shape index (κ3) is 2.08. The van der Waals surface area contributed by atoms with Gasteiger partial charge in [0.15, 0.2) is 0 Å². The summed E-state index contributed by atoms with van der Waals surface area (Å²) < 4.78 is 0. The van der Waals surface area contributed by atoms with Crippen molar-refractivity contribution in [3.63, 3.8) is 0 Å². The molecule has 0 atom stereocenters. The highest BCUT2D eigenvalue weighted by atomic mass is 16.1. The Bertz CT molecular complexity index is 671. The third-order valence-corrected chi connectivity index (χ3v) is 2.66. The molecule has 0 radical (unpaired) electrons. The summed E-state index contributed by atoms with van der Waals surface area (Å²) in [6, 6.07) is 7.87. The molecule has 0 unspecified atom stereocenters. The zero-order valence-electron chi connectivity index (χ0n) is 9.47. The van der Waals surface area contributed by atoms with Crippen molar-refractivity contribution in [3.05, 3.63) is 42.4 Å². The van der Waals surface area contributed by atoms with E-state index < -0.39 is 0 Å². The van der Waals surface area contributed by atoms with Crippen LogP contribution in [-0.2, 0) is 11.2 Å². The number of nitrogens with one attached hydrogen (secondary N) is 3. The molecule has 0 saturated heterocycles. The Hall–Kier alpha value is -2.63. The molecule has 1 amide bonds. The van der Waals surface area contributed by atoms with Gasteiger partial charge in [0, 0.05) is 11.7 Å². The summed E-state index contributed by atoms with van der Waals surface area (Å²) in [6.07, 6.45) is 3.53. The summed E-state index contributed by atoms with van der Waals surface area (Å²) >= 11 is 0. The number of anilines is 1. The zero-order valence-corrected chi connectivity index (χ0v) is 9.47. The number of carbonyl (C=O) groups excluding carboxylic acids is 1. The van der Waals surface area contributed by atoms with Gasteiger partial charge in [-0.2, -0.15) is 10.1 Å². The molecular formula is C12H11N5O. The topological polar surface area (TPSA) is 86.5 Å². The smallest absolute Gasteiger partial charge is 0.231 e. The van der Waals surface area contributed by atoms with Crippen molar-refractivity contribution in [2.75, 3.05) is 5.32 Å². The maximum Gasteiger partial charge on any atom is 0.231 e. The predicted molar refractivity (Wildman–Crippen MR) is 67.0 cm³/mol. The summed E-state index contributed by atoms with van der Waals surface area (Å²) in [6.45, 7) is 0. The second kappa shape index (κ2) is 4.33. The quantitative estimate of drug-likeness (QED) is 0.649. The number of amides is 1. The average molecular weight is 241 g/mol. The van der Waals surface area contributed by atoms with Crippen LogP contribution in [-0.4, -0.2) is 26.1 Å². The van der Waals surface area contributed by atoms with Gasteiger partial charge in [0.25, 0.3) is 0 Å². The summed E-state index contributed by atoms with van der Waals surface area (Å²) in [5.41, 5.74) is 2.02. The van der Waals surface area contributed by atoms with Crippen LogP contribution in [0, 0.1) is 0 Å². The number of aromatic amines is 2. The van der Waals surface area contributed by atoms with Crippen molar-refractivity contribution in [1.82, 2.24) is 20.2 Å². The molecule has 3 N–H and O–H groups in total. The fraction of sp³-hybridized carbons (Fsp3) is 0.0833. The van der Waals surface area contributed by atoms with E-state index in [0.717, 1.165) is 16.5 Å². The highest BCUT2D eigenvalue weighted by Gasteiger charge is 2.06. The fourth-order valence-corrected chi connectivity index (χ4v) is 1.84. The fourth-order valence-electron chi connectivity index (χ4n) is 1.84. The number of hydrogen-bond donors (Lipinski definition) is 3. The number of hydrogen-bond acceptors (Lipinski definition) is 3. The maximum atomic E-state index is 11.7. The number of carbonyl (C=O) groups is 1. The van der Waals surface area contributed by atoms with E-state index in [1.165, 1.54) is 6.33 Å². The van der Waals surface area contributed by atoms with Gasteiger partial charge in [0.2, 0.25) is 11.9 Å². The second-order valence-corrected chi connectivity index (χ2v) is 3.96. The van der Waals surface area contributed by atoms with Gasteiger partial charge >= 0.3 is 0 Å². The number of aromatic nitrogens is 4. The molecule has 0 aliphatic rings. The zero-order chi connectivity index (χ0) is 12.4. The van der Waals surface area contributed by atoms with Gasteiger partial charge in [0.05, 0.1) is 6.42 Å². The van der Waals surface area contributed by atoms with E-state index in [-0.39, 0.29) is 5.91 Å². The Morgan fingerprint density at radius 2 is 2.28 bits per heavy atom. The van der Waals surface area contributed by atoms with E-state index in [4.69, 9.17) is 0 Å². The Morgan fingerprint density at radius 3 is 3.11 bits per heavy atom. The van der Waals surface area contributed by atoms with Crippen LogP contribution in [0.2, 0.25) is 0 Å². The number of H-pyrrole nitrogens is 2. The summed E-state index contributed by atoms with van der Waals surface area (Å²) in [4.78, 5) is 18.7. The molecule has 6 heteroatoms. The molecule has 0 aliphatic carbocycles. The molecule has 18 heavy (non-hydrogen) atoms. The number of nitrogens with zero attached hydrogens (tertiary/aromatic N) is 2. The Kier molecular flexibility index (Phi) is 2.53. The molecule has 0 aliphatic heterocycles. The van der Waals surface area contributed by atoms with Crippen molar-refractivity contribution in [2.24, 2.45) is 0 Å². The third-order valence-electron chi connectivity index (χ3n) is 2.66. The van der Waals surface area contributed by atoms with Gasteiger partial charge in [-0.25, -0.2) is 5.10 Å². The first-order valence-corrected chi connectivity index (χ1v) is 5.52. The molecule has 1 aromatic carbocycles. The molecular weight excluding hydrogens is 230 g/mol. The van der Waals surface area contributed by atoms with Crippen LogP contribution in [0.25, 0.3) is 10.9 Å². The lowest BCUT2D eigenvalue weighted by molar-refractivity contribution is -0.115. The van der Waals surface area contributed by atoms with Gasteiger partial charge in [-0.1, -0.05) is 6.07 Å². The minimum atomic E-state index is -0.123. The van der Waals surface area contributed by atoms with E-state index >= 15 is 0 Å². The second-order valence-electron chi connectivity index (χ2n) is 3.96. The minimum Gasteiger partial charge on any atom is -0.361 e. The van der Waals surface area contributed by atoms with Crippen molar-refractivity contribution >= 4 is 22.8 Å². The Balaban J connectivity index is 1.73. The first-order valence-electron chi connectivity index (χ1n) is 5.52. The van der Waals surface area contributed by atoms with Crippen molar-refractivity contribution in [2.45, 2.75) is 6.42 Å². The molecule has 6 nitrogen and oxygen atoms in total. The summed E-state index contributed by atoms with van der Waals surface area (Å²) in [5.74, 6) is 0.240. The molecule has 3 rings (SSSR count). The van der Waals surface area contributed by atoms with Crippen LogP contribution < -0.4 is 5.32 Å². The highest BCUT2D eigenvalue weighted by molar-refractivity contribution is 5.91. The lowest BCUT2D eigenvalue weighted by Gasteiger charge is -2.02. The van der Waals surface area contributed by atoms with E-state index in [0.29, 0.717) is 12.4 Å².